The SMILES string of the molecule is CC(C)NCc1coc(-c2ccco2)n1. The smallest absolute Gasteiger partial charge is 0.263 e. The van der Waals surface area contributed by atoms with Gasteiger partial charge >= 0.3 is 0 Å². The van der Waals surface area contributed by atoms with Crippen LogP contribution in [0.1, 0.15) is 19.5 Å². The van der Waals surface area contributed by atoms with Gasteiger partial charge in [-0.2, -0.15) is 0 Å². The topological polar surface area (TPSA) is 51.2 Å². The minimum atomic E-state index is 0.439. The lowest BCUT2D eigenvalue weighted by atomic mass is 10.3. The van der Waals surface area contributed by atoms with Crippen molar-refractivity contribution in [2.24, 2.45) is 0 Å². The summed E-state index contributed by atoms with van der Waals surface area (Å²) in [6.07, 6.45) is 3.25. The van der Waals surface area contributed by atoms with Crippen molar-refractivity contribution >= 4 is 0 Å². The zero-order chi connectivity index (χ0) is 10.7. The Kier molecular flexibility index (Phi) is 2.87. The Hall–Kier alpha value is -1.55. The summed E-state index contributed by atoms with van der Waals surface area (Å²) in [6, 6.07) is 4.07. The van der Waals surface area contributed by atoms with Gasteiger partial charge in [0.1, 0.15) is 6.26 Å². The van der Waals surface area contributed by atoms with Crippen LogP contribution in [0.2, 0.25) is 0 Å². The largest absolute Gasteiger partial charge is 0.459 e. The average Bonchev–Trinajstić information content (AvgIpc) is 2.85. The number of nitrogens with zero attached hydrogens (tertiary/aromatic N) is 1. The van der Waals surface area contributed by atoms with E-state index >= 15 is 0 Å². The van der Waals surface area contributed by atoms with Crippen LogP contribution in [0, 0.1) is 0 Å². The average molecular weight is 206 g/mol. The standard InChI is InChI=1S/C11H14N2O2/c1-8(2)12-6-9-7-15-11(13-9)10-4-3-5-14-10/h3-5,7-8,12H,6H2,1-2H3. The molecule has 0 spiro atoms. The van der Waals surface area contributed by atoms with Gasteiger partial charge in [-0.15, -0.1) is 0 Å². The molecule has 2 rings (SSSR count). The van der Waals surface area contributed by atoms with Crippen molar-refractivity contribution in [3.05, 3.63) is 30.4 Å². The monoisotopic (exact) mass is 206 g/mol. The summed E-state index contributed by atoms with van der Waals surface area (Å²) in [5.41, 5.74) is 0.884. The molecule has 0 aromatic carbocycles. The van der Waals surface area contributed by atoms with Gasteiger partial charge in [0.15, 0.2) is 5.76 Å². The molecule has 0 aliphatic heterocycles. The summed E-state index contributed by atoms with van der Waals surface area (Å²) in [6.45, 7) is 4.89. The molecule has 1 N–H and O–H groups in total. The van der Waals surface area contributed by atoms with Gasteiger partial charge < -0.3 is 14.2 Å². The van der Waals surface area contributed by atoms with Crippen LogP contribution in [-0.2, 0) is 6.54 Å². The Balaban J connectivity index is 2.04. The van der Waals surface area contributed by atoms with Crippen molar-refractivity contribution in [2.75, 3.05) is 0 Å². The van der Waals surface area contributed by atoms with Crippen LogP contribution in [0.4, 0.5) is 0 Å². The Labute approximate surface area is 88.3 Å². The fourth-order valence-corrected chi connectivity index (χ4v) is 1.21. The van der Waals surface area contributed by atoms with Gasteiger partial charge in [-0.3, -0.25) is 0 Å². The summed E-state index contributed by atoms with van der Waals surface area (Å²) in [4.78, 5) is 4.30. The van der Waals surface area contributed by atoms with E-state index in [2.05, 4.69) is 24.1 Å². The van der Waals surface area contributed by atoms with Crippen LogP contribution in [-0.4, -0.2) is 11.0 Å². The van der Waals surface area contributed by atoms with E-state index in [1.165, 1.54) is 0 Å². The van der Waals surface area contributed by atoms with E-state index in [0.29, 0.717) is 24.2 Å². The van der Waals surface area contributed by atoms with Crippen LogP contribution < -0.4 is 5.32 Å². The predicted octanol–water partition coefficient (Wildman–Crippen LogP) is 2.43. The molecule has 2 aromatic rings. The van der Waals surface area contributed by atoms with Crippen LogP contribution in [0.5, 0.6) is 0 Å². The molecule has 0 radical (unpaired) electrons. The Morgan fingerprint density at radius 1 is 1.40 bits per heavy atom. The number of nitrogens with one attached hydrogen (secondary N) is 1. The third-order valence-corrected chi connectivity index (χ3v) is 1.98. The van der Waals surface area contributed by atoms with Crippen LogP contribution >= 0.6 is 0 Å². The molecule has 0 unspecified atom stereocenters. The maximum Gasteiger partial charge on any atom is 0.263 e. The maximum absolute atomic E-state index is 5.30. The molecule has 0 bridgehead atoms. The number of oxazole rings is 1. The quantitative estimate of drug-likeness (QED) is 0.834. The van der Waals surface area contributed by atoms with Crippen molar-refractivity contribution in [1.82, 2.24) is 10.3 Å². The lowest BCUT2D eigenvalue weighted by Gasteiger charge is -2.03. The van der Waals surface area contributed by atoms with Crippen LogP contribution in [0.25, 0.3) is 11.7 Å². The van der Waals surface area contributed by atoms with Gasteiger partial charge in [0.2, 0.25) is 0 Å². The molecular weight excluding hydrogens is 192 g/mol. The summed E-state index contributed by atoms with van der Waals surface area (Å²) in [7, 11) is 0. The summed E-state index contributed by atoms with van der Waals surface area (Å²) in [5.74, 6) is 1.19. The molecule has 15 heavy (non-hydrogen) atoms. The lowest BCUT2D eigenvalue weighted by molar-refractivity contribution is 0.516. The third kappa shape index (κ3) is 2.47. The summed E-state index contributed by atoms with van der Waals surface area (Å²) in [5, 5.41) is 3.27. The first kappa shape index (κ1) is 9.98. The zero-order valence-electron chi connectivity index (χ0n) is 8.86. The Morgan fingerprint density at radius 2 is 2.27 bits per heavy atom. The highest BCUT2D eigenvalue weighted by molar-refractivity contribution is 5.43. The second kappa shape index (κ2) is 4.31. The Morgan fingerprint density at radius 3 is 2.93 bits per heavy atom. The van der Waals surface area contributed by atoms with Crippen molar-refractivity contribution in [3.63, 3.8) is 0 Å². The van der Waals surface area contributed by atoms with Gasteiger partial charge in [0.05, 0.1) is 12.0 Å². The summed E-state index contributed by atoms with van der Waals surface area (Å²) >= 11 is 0. The fraction of sp³-hybridized carbons (Fsp3) is 0.364. The minimum Gasteiger partial charge on any atom is -0.459 e. The van der Waals surface area contributed by atoms with Crippen LogP contribution in [0.15, 0.2) is 33.5 Å². The molecule has 0 fully saturated rings. The van der Waals surface area contributed by atoms with Gasteiger partial charge in [0, 0.05) is 12.6 Å². The molecule has 80 valence electrons. The molecule has 0 amide bonds. The molecule has 0 atom stereocenters. The molecule has 2 aromatic heterocycles. The third-order valence-electron chi connectivity index (χ3n) is 1.98. The highest BCUT2D eigenvalue weighted by Gasteiger charge is 2.08. The number of hydrogen-bond acceptors (Lipinski definition) is 4. The highest BCUT2D eigenvalue weighted by Crippen LogP contribution is 2.18. The second-order valence-electron chi connectivity index (χ2n) is 3.66. The van der Waals surface area contributed by atoms with E-state index in [0.717, 1.165) is 5.69 Å². The minimum absolute atomic E-state index is 0.439. The van der Waals surface area contributed by atoms with Crippen molar-refractivity contribution in [2.45, 2.75) is 26.4 Å². The zero-order valence-corrected chi connectivity index (χ0v) is 8.86. The predicted molar refractivity (Wildman–Crippen MR) is 56.2 cm³/mol. The van der Waals surface area contributed by atoms with Crippen molar-refractivity contribution in [1.29, 1.82) is 0 Å². The van der Waals surface area contributed by atoms with Gasteiger partial charge in [-0.1, -0.05) is 13.8 Å². The van der Waals surface area contributed by atoms with E-state index in [1.807, 2.05) is 12.1 Å². The number of furan rings is 1. The van der Waals surface area contributed by atoms with E-state index in [1.54, 1.807) is 12.5 Å². The number of aromatic nitrogens is 1. The second-order valence-corrected chi connectivity index (χ2v) is 3.66. The molecule has 0 aliphatic rings. The normalized spacial score (nSPS) is 11.1. The summed E-state index contributed by atoms with van der Waals surface area (Å²) < 4.78 is 10.5. The number of hydrogen-bond donors (Lipinski definition) is 1. The fourth-order valence-electron chi connectivity index (χ4n) is 1.21. The van der Waals surface area contributed by atoms with Gasteiger partial charge in [-0.25, -0.2) is 4.98 Å². The van der Waals surface area contributed by atoms with E-state index < -0.39 is 0 Å². The van der Waals surface area contributed by atoms with E-state index in [4.69, 9.17) is 8.83 Å². The van der Waals surface area contributed by atoms with Gasteiger partial charge in [0.25, 0.3) is 5.89 Å². The van der Waals surface area contributed by atoms with Gasteiger partial charge in [-0.05, 0) is 12.1 Å². The molecule has 0 saturated heterocycles. The van der Waals surface area contributed by atoms with E-state index in [-0.39, 0.29) is 0 Å². The lowest BCUT2D eigenvalue weighted by Crippen LogP contribution is -2.21. The first-order chi connectivity index (χ1) is 7.25. The molecule has 0 saturated carbocycles. The van der Waals surface area contributed by atoms with Crippen molar-refractivity contribution < 1.29 is 8.83 Å². The van der Waals surface area contributed by atoms with E-state index in [9.17, 15) is 0 Å². The first-order valence-corrected chi connectivity index (χ1v) is 4.97. The number of rotatable bonds is 4. The van der Waals surface area contributed by atoms with Crippen molar-refractivity contribution in [3.8, 4) is 11.7 Å². The van der Waals surface area contributed by atoms with Crippen LogP contribution in [0.3, 0.4) is 0 Å². The first-order valence-electron chi connectivity index (χ1n) is 4.97. The maximum atomic E-state index is 5.30. The molecule has 2 heterocycles. The molecule has 4 nitrogen and oxygen atoms in total. The molecular formula is C11H14N2O2. The highest BCUT2D eigenvalue weighted by atomic mass is 16.4. The molecule has 4 heteroatoms. The molecule has 0 aliphatic carbocycles. The Bertz CT molecular complexity index is 404.